The Morgan fingerprint density at radius 3 is 2.17 bits per heavy atom. The third-order valence-corrected chi connectivity index (χ3v) is 4.74. The van der Waals surface area contributed by atoms with Gasteiger partial charge in [0, 0.05) is 24.6 Å². The molecule has 0 atom stereocenters. The lowest BCUT2D eigenvalue weighted by Gasteiger charge is -2.16. The van der Waals surface area contributed by atoms with Crippen LogP contribution >= 0.6 is 0 Å². The predicted molar refractivity (Wildman–Crippen MR) is 123 cm³/mol. The molecule has 0 aromatic heterocycles. The van der Waals surface area contributed by atoms with Crippen molar-refractivity contribution in [1.82, 2.24) is 5.32 Å². The van der Waals surface area contributed by atoms with Crippen LogP contribution in [-0.2, 0) is 20.7 Å². The van der Waals surface area contributed by atoms with E-state index in [4.69, 9.17) is 14.2 Å². The van der Waals surface area contributed by atoms with Crippen LogP contribution in [0.2, 0.25) is 0 Å². The van der Waals surface area contributed by atoms with Crippen LogP contribution in [0.4, 0.5) is 14.5 Å². The Hall–Kier alpha value is -3.89. The van der Waals surface area contributed by atoms with Gasteiger partial charge in [0.05, 0.1) is 25.5 Å². The van der Waals surface area contributed by atoms with Gasteiger partial charge < -0.3 is 29.6 Å². The Labute approximate surface area is 201 Å². The molecule has 0 saturated heterocycles. The molecule has 0 aliphatic rings. The number of amides is 2. The van der Waals surface area contributed by atoms with E-state index in [1.54, 1.807) is 26.0 Å². The van der Waals surface area contributed by atoms with Crippen LogP contribution in [0.15, 0.2) is 36.4 Å². The molecular formula is C24H28F2N2O7. The number of hydrogen-bond acceptors (Lipinski definition) is 7. The van der Waals surface area contributed by atoms with E-state index >= 15 is 0 Å². The Kier molecular flexibility index (Phi) is 10.2. The number of nitrogens with one attached hydrogen (secondary N) is 2. The van der Waals surface area contributed by atoms with Crippen LogP contribution in [0.1, 0.15) is 29.8 Å². The van der Waals surface area contributed by atoms with Gasteiger partial charge in [-0.05, 0) is 24.1 Å². The highest BCUT2D eigenvalue weighted by Crippen LogP contribution is 2.34. The molecule has 0 aliphatic carbocycles. The molecule has 0 radical (unpaired) electrons. The Balaban J connectivity index is 1.95. The van der Waals surface area contributed by atoms with Gasteiger partial charge in [-0.15, -0.1) is 0 Å². The van der Waals surface area contributed by atoms with Gasteiger partial charge in [-0.1, -0.05) is 26.0 Å². The number of ether oxygens (including phenoxy) is 4. The molecule has 0 aliphatic heterocycles. The average molecular weight is 494 g/mol. The molecule has 0 unspecified atom stereocenters. The molecule has 2 aromatic carbocycles. The number of methoxy groups -OCH3 is 2. The smallest absolute Gasteiger partial charge is 0.387 e. The van der Waals surface area contributed by atoms with E-state index in [9.17, 15) is 23.2 Å². The summed E-state index contributed by atoms with van der Waals surface area (Å²) in [6.45, 7) is 0.182. The van der Waals surface area contributed by atoms with Crippen LogP contribution in [0.25, 0.3) is 0 Å². The minimum absolute atomic E-state index is 0.00411. The first-order chi connectivity index (χ1) is 16.6. The highest BCUT2D eigenvalue weighted by Gasteiger charge is 2.21. The van der Waals surface area contributed by atoms with Crippen molar-refractivity contribution in [3.63, 3.8) is 0 Å². The molecule has 190 valence electrons. The summed E-state index contributed by atoms with van der Waals surface area (Å²) in [5, 5.41) is 5.25. The number of halogens is 2. The number of benzene rings is 2. The van der Waals surface area contributed by atoms with Gasteiger partial charge in [-0.3, -0.25) is 9.59 Å². The van der Waals surface area contributed by atoms with E-state index in [0.29, 0.717) is 12.2 Å². The summed E-state index contributed by atoms with van der Waals surface area (Å²) in [5.74, 6) is -1.45. The average Bonchev–Trinajstić information content (AvgIpc) is 2.82. The number of alkyl halides is 2. The molecule has 9 nitrogen and oxygen atoms in total. The first-order valence-electron chi connectivity index (χ1n) is 10.7. The number of carbonyl (C=O) groups excluding carboxylic acids is 3. The van der Waals surface area contributed by atoms with Crippen molar-refractivity contribution in [2.75, 3.05) is 32.7 Å². The zero-order valence-electron chi connectivity index (χ0n) is 19.9. The number of rotatable bonds is 12. The second-order valence-electron chi connectivity index (χ2n) is 7.60. The molecule has 2 rings (SSSR count). The zero-order valence-corrected chi connectivity index (χ0v) is 19.9. The maximum absolute atomic E-state index is 12.7. The fourth-order valence-corrected chi connectivity index (χ4v) is 2.87. The number of hydrogen-bond donors (Lipinski definition) is 2. The number of esters is 1. The van der Waals surface area contributed by atoms with E-state index in [1.165, 1.54) is 38.5 Å². The SMILES string of the molecule is COc1cc(NC(=O)C(C)C)c(C(=O)OCC(=O)NCCc2ccc(OC(F)F)cc2)cc1OC. The zero-order chi connectivity index (χ0) is 26.0. The van der Waals surface area contributed by atoms with Gasteiger partial charge in [0.15, 0.2) is 18.1 Å². The summed E-state index contributed by atoms with van der Waals surface area (Å²) < 4.78 is 44.2. The van der Waals surface area contributed by atoms with E-state index in [-0.39, 0.29) is 41.1 Å². The van der Waals surface area contributed by atoms with Crippen LogP contribution in [0.3, 0.4) is 0 Å². The van der Waals surface area contributed by atoms with Gasteiger partial charge in [-0.2, -0.15) is 8.78 Å². The standard InChI is InChI=1S/C24H28F2N2O7/c1-14(2)22(30)28-18-12-20(33-4)19(32-3)11-17(18)23(31)34-13-21(29)27-10-9-15-5-7-16(8-6-15)35-24(25)26/h5-8,11-12,14,24H,9-10,13H2,1-4H3,(H,27,29)(H,28,30). The minimum atomic E-state index is -2.90. The molecule has 2 N–H and O–H groups in total. The van der Waals surface area contributed by atoms with E-state index in [2.05, 4.69) is 15.4 Å². The van der Waals surface area contributed by atoms with Crippen LogP contribution < -0.4 is 24.8 Å². The number of anilines is 1. The predicted octanol–water partition coefficient (Wildman–Crippen LogP) is 3.42. The summed E-state index contributed by atoms with van der Waals surface area (Å²) in [4.78, 5) is 37.0. The maximum Gasteiger partial charge on any atom is 0.387 e. The van der Waals surface area contributed by atoms with Gasteiger partial charge >= 0.3 is 12.6 Å². The third-order valence-electron chi connectivity index (χ3n) is 4.74. The lowest BCUT2D eigenvalue weighted by Crippen LogP contribution is -2.30. The molecular weight excluding hydrogens is 466 g/mol. The summed E-state index contributed by atoms with van der Waals surface area (Å²) in [6.07, 6.45) is 0.426. The molecule has 0 spiro atoms. The van der Waals surface area contributed by atoms with E-state index in [0.717, 1.165) is 5.56 Å². The van der Waals surface area contributed by atoms with Crippen LogP contribution in [0, 0.1) is 5.92 Å². The van der Waals surface area contributed by atoms with Crippen molar-refractivity contribution in [3.05, 3.63) is 47.5 Å². The first kappa shape index (κ1) is 27.4. The Morgan fingerprint density at radius 1 is 0.971 bits per heavy atom. The largest absolute Gasteiger partial charge is 0.493 e. The molecule has 0 saturated carbocycles. The normalized spacial score (nSPS) is 10.6. The summed E-state index contributed by atoms with van der Waals surface area (Å²) in [5.41, 5.74) is 0.946. The van der Waals surface area contributed by atoms with Gasteiger partial charge in [0.25, 0.3) is 5.91 Å². The highest BCUT2D eigenvalue weighted by molar-refractivity contribution is 6.03. The highest BCUT2D eigenvalue weighted by atomic mass is 19.3. The van der Waals surface area contributed by atoms with Gasteiger partial charge in [-0.25, -0.2) is 4.79 Å². The second kappa shape index (κ2) is 13.1. The second-order valence-corrected chi connectivity index (χ2v) is 7.60. The van der Waals surface area contributed by atoms with Crippen molar-refractivity contribution in [1.29, 1.82) is 0 Å². The third kappa shape index (κ3) is 8.43. The molecule has 0 fully saturated rings. The van der Waals surface area contributed by atoms with Gasteiger partial charge in [0.1, 0.15) is 5.75 Å². The monoisotopic (exact) mass is 494 g/mol. The van der Waals surface area contributed by atoms with E-state index in [1.807, 2.05) is 0 Å². The lowest BCUT2D eigenvalue weighted by atomic mass is 10.1. The minimum Gasteiger partial charge on any atom is -0.493 e. The first-order valence-corrected chi connectivity index (χ1v) is 10.7. The lowest BCUT2D eigenvalue weighted by molar-refractivity contribution is -0.124. The van der Waals surface area contributed by atoms with Crippen molar-refractivity contribution in [2.45, 2.75) is 26.9 Å². The summed E-state index contributed by atoms with van der Waals surface area (Å²) >= 11 is 0. The molecule has 2 aromatic rings. The maximum atomic E-state index is 12.7. The molecule has 2 amide bonds. The van der Waals surface area contributed by atoms with Crippen LogP contribution in [-0.4, -0.2) is 51.8 Å². The van der Waals surface area contributed by atoms with Crippen LogP contribution in [0.5, 0.6) is 17.2 Å². The molecule has 11 heteroatoms. The quantitative estimate of drug-likeness (QED) is 0.435. The molecule has 0 bridgehead atoms. The topological polar surface area (TPSA) is 112 Å². The Bertz CT molecular complexity index is 1030. The fourth-order valence-electron chi connectivity index (χ4n) is 2.87. The Morgan fingerprint density at radius 2 is 1.60 bits per heavy atom. The fraction of sp³-hybridized carbons (Fsp3) is 0.375. The van der Waals surface area contributed by atoms with Crippen molar-refractivity contribution in [2.24, 2.45) is 5.92 Å². The van der Waals surface area contributed by atoms with E-state index < -0.39 is 25.1 Å². The molecule has 0 heterocycles. The van der Waals surface area contributed by atoms with Gasteiger partial charge in [0.2, 0.25) is 5.91 Å². The summed E-state index contributed by atoms with van der Waals surface area (Å²) in [7, 11) is 2.81. The molecule has 35 heavy (non-hydrogen) atoms. The summed E-state index contributed by atoms with van der Waals surface area (Å²) in [6, 6.07) is 8.82. The van der Waals surface area contributed by atoms with Crippen molar-refractivity contribution < 1.29 is 42.1 Å². The number of carbonyl (C=O) groups is 3. The van der Waals surface area contributed by atoms with Crippen molar-refractivity contribution >= 4 is 23.5 Å². The van der Waals surface area contributed by atoms with Crippen molar-refractivity contribution in [3.8, 4) is 17.2 Å².